The lowest BCUT2D eigenvalue weighted by atomic mass is 10.2. The van der Waals surface area contributed by atoms with Crippen molar-refractivity contribution in [2.45, 2.75) is 20.8 Å². The summed E-state index contributed by atoms with van der Waals surface area (Å²) in [7, 11) is 0. The fraction of sp³-hybridized carbons (Fsp3) is 0.538. The van der Waals surface area contributed by atoms with Gasteiger partial charge in [-0.3, -0.25) is 0 Å². The van der Waals surface area contributed by atoms with E-state index in [0.717, 1.165) is 36.9 Å². The first kappa shape index (κ1) is 13.3. The van der Waals surface area contributed by atoms with Gasteiger partial charge in [0.15, 0.2) is 0 Å². The van der Waals surface area contributed by atoms with E-state index < -0.39 is 0 Å². The first-order valence-electron chi connectivity index (χ1n) is 5.89. The van der Waals surface area contributed by atoms with E-state index in [0.29, 0.717) is 0 Å². The van der Waals surface area contributed by atoms with Crippen molar-refractivity contribution < 1.29 is 0 Å². The number of aryl methyl sites for hydroxylation is 1. The Labute approximate surface area is 104 Å². The molecule has 16 heavy (non-hydrogen) atoms. The van der Waals surface area contributed by atoms with Gasteiger partial charge in [0.05, 0.1) is 10.7 Å². The molecular weight excluding hydrogens is 220 g/mol. The molecule has 1 N–H and O–H groups in total. The van der Waals surface area contributed by atoms with Gasteiger partial charge in [0.25, 0.3) is 0 Å². The van der Waals surface area contributed by atoms with Gasteiger partial charge in [0, 0.05) is 13.1 Å². The minimum atomic E-state index is 0.805. The van der Waals surface area contributed by atoms with E-state index in [4.69, 9.17) is 11.6 Å². The standard InChI is InChI=1S/C13H21ClN2/c1-4-16(5-2)9-8-15-13-7-6-11(3)10-12(13)14/h6-7,10,15H,4-5,8-9H2,1-3H3. The normalized spacial score (nSPS) is 10.8. The van der Waals surface area contributed by atoms with Gasteiger partial charge >= 0.3 is 0 Å². The van der Waals surface area contributed by atoms with Crippen LogP contribution in [0.2, 0.25) is 5.02 Å². The maximum atomic E-state index is 6.14. The minimum Gasteiger partial charge on any atom is -0.383 e. The highest BCUT2D eigenvalue weighted by Crippen LogP contribution is 2.22. The highest BCUT2D eigenvalue weighted by Gasteiger charge is 2.01. The largest absolute Gasteiger partial charge is 0.383 e. The van der Waals surface area contributed by atoms with Crippen LogP contribution in [0.15, 0.2) is 18.2 Å². The molecule has 1 aromatic carbocycles. The number of benzene rings is 1. The predicted octanol–water partition coefficient (Wildman–Crippen LogP) is 3.40. The molecule has 0 fully saturated rings. The molecule has 2 nitrogen and oxygen atoms in total. The Balaban J connectivity index is 2.42. The molecule has 0 aliphatic heterocycles. The van der Waals surface area contributed by atoms with Crippen molar-refractivity contribution in [1.82, 2.24) is 4.90 Å². The van der Waals surface area contributed by atoms with Crippen molar-refractivity contribution in [2.75, 3.05) is 31.5 Å². The van der Waals surface area contributed by atoms with Crippen molar-refractivity contribution in [1.29, 1.82) is 0 Å². The van der Waals surface area contributed by atoms with E-state index in [1.807, 2.05) is 19.1 Å². The second-order valence-corrected chi connectivity index (χ2v) is 4.34. The summed E-state index contributed by atoms with van der Waals surface area (Å²) in [6.45, 7) is 10.6. The van der Waals surface area contributed by atoms with E-state index in [2.05, 4.69) is 30.1 Å². The first-order valence-corrected chi connectivity index (χ1v) is 6.27. The zero-order valence-corrected chi connectivity index (χ0v) is 11.1. The Morgan fingerprint density at radius 1 is 1.25 bits per heavy atom. The predicted molar refractivity (Wildman–Crippen MR) is 72.5 cm³/mol. The monoisotopic (exact) mass is 240 g/mol. The van der Waals surface area contributed by atoms with Gasteiger partial charge in [0.1, 0.15) is 0 Å². The summed E-state index contributed by atoms with van der Waals surface area (Å²) in [6.07, 6.45) is 0. The number of rotatable bonds is 6. The lowest BCUT2D eigenvalue weighted by Gasteiger charge is -2.18. The van der Waals surface area contributed by atoms with Crippen molar-refractivity contribution in [2.24, 2.45) is 0 Å². The van der Waals surface area contributed by atoms with Gasteiger partial charge in [-0.25, -0.2) is 0 Å². The Morgan fingerprint density at radius 2 is 1.94 bits per heavy atom. The fourth-order valence-corrected chi connectivity index (χ4v) is 1.95. The van der Waals surface area contributed by atoms with Crippen molar-refractivity contribution in [3.8, 4) is 0 Å². The topological polar surface area (TPSA) is 15.3 Å². The molecule has 90 valence electrons. The lowest BCUT2D eigenvalue weighted by molar-refractivity contribution is 0.316. The third-order valence-electron chi connectivity index (χ3n) is 2.76. The Kier molecular flexibility index (Phi) is 5.64. The average Bonchev–Trinajstić information content (AvgIpc) is 2.27. The summed E-state index contributed by atoms with van der Waals surface area (Å²) < 4.78 is 0. The molecule has 0 amide bonds. The van der Waals surface area contributed by atoms with Gasteiger partial charge in [-0.05, 0) is 37.7 Å². The van der Waals surface area contributed by atoms with Crippen LogP contribution < -0.4 is 5.32 Å². The molecule has 0 saturated carbocycles. The Bertz CT molecular complexity index is 322. The lowest BCUT2D eigenvalue weighted by Crippen LogP contribution is -2.28. The second kappa shape index (κ2) is 6.77. The maximum absolute atomic E-state index is 6.14. The molecule has 0 aliphatic rings. The molecule has 1 aromatic rings. The summed E-state index contributed by atoms with van der Waals surface area (Å²) in [5.74, 6) is 0. The van der Waals surface area contributed by atoms with Gasteiger partial charge in [-0.15, -0.1) is 0 Å². The van der Waals surface area contributed by atoms with Gasteiger partial charge in [-0.2, -0.15) is 0 Å². The van der Waals surface area contributed by atoms with E-state index in [1.165, 1.54) is 5.56 Å². The van der Waals surface area contributed by atoms with E-state index in [1.54, 1.807) is 0 Å². The van der Waals surface area contributed by atoms with E-state index in [-0.39, 0.29) is 0 Å². The number of likely N-dealkylation sites (N-methyl/N-ethyl adjacent to an activating group) is 1. The van der Waals surface area contributed by atoms with Crippen LogP contribution in [0.25, 0.3) is 0 Å². The highest BCUT2D eigenvalue weighted by atomic mass is 35.5. The molecule has 1 rings (SSSR count). The molecule has 0 spiro atoms. The van der Waals surface area contributed by atoms with Crippen LogP contribution in [0, 0.1) is 6.92 Å². The molecule has 0 unspecified atom stereocenters. The Morgan fingerprint density at radius 3 is 2.50 bits per heavy atom. The van der Waals surface area contributed by atoms with Crippen LogP contribution in [0.5, 0.6) is 0 Å². The zero-order valence-electron chi connectivity index (χ0n) is 10.4. The molecule has 3 heteroatoms. The number of hydrogen-bond acceptors (Lipinski definition) is 2. The van der Waals surface area contributed by atoms with Crippen LogP contribution in [-0.4, -0.2) is 31.1 Å². The molecule has 0 saturated heterocycles. The summed E-state index contributed by atoms with van der Waals surface area (Å²) in [6, 6.07) is 6.10. The number of halogens is 1. The Hall–Kier alpha value is -0.730. The molecule has 0 atom stereocenters. The number of anilines is 1. The molecule has 0 aromatic heterocycles. The number of hydrogen-bond donors (Lipinski definition) is 1. The van der Waals surface area contributed by atoms with E-state index >= 15 is 0 Å². The van der Waals surface area contributed by atoms with E-state index in [9.17, 15) is 0 Å². The molecule has 0 aliphatic carbocycles. The maximum Gasteiger partial charge on any atom is 0.0640 e. The van der Waals surface area contributed by atoms with Crippen molar-refractivity contribution in [3.05, 3.63) is 28.8 Å². The average molecular weight is 241 g/mol. The molecule has 0 bridgehead atoms. The smallest absolute Gasteiger partial charge is 0.0640 e. The molecular formula is C13H21ClN2. The first-order chi connectivity index (χ1) is 7.67. The quantitative estimate of drug-likeness (QED) is 0.820. The van der Waals surface area contributed by atoms with Gasteiger partial charge in [-0.1, -0.05) is 31.5 Å². The number of nitrogens with zero attached hydrogens (tertiary/aromatic N) is 1. The van der Waals surface area contributed by atoms with Crippen LogP contribution in [0.1, 0.15) is 19.4 Å². The highest BCUT2D eigenvalue weighted by molar-refractivity contribution is 6.33. The third-order valence-corrected chi connectivity index (χ3v) is 3.08. The summed E-state index contributed by atoms with van der Waals surface area (Å²) in [4.78, 5) is 2.38. The van der Waals surface area contributed by atoms with Crippen molar-refractivity contribution in [3.63, 3.8) is 0 Å². The molecule has 0 heterocycles. The fourth-order valence-electron chi connectivity index (χ4n) is 1.65. The van der Waals surface area contributed by atoms with Gasteiger partial charge in [0.2, 0.25) is 0 Å². The summed E-state index contributed by atoms with van der Waals surface area (Å²) in [5.41, 5.74) is 2.22. The third kappa shape index (κ3) is 4.03. The number of nitrogens with one attached hydrogen (secondary N) is 1. The molecule has 0 radical (unpaired) electrons. The van der Waals surface area contributed by atoms with Crippen LogP contribution >= 0.6 is 11.6 Å². The minimum absolute atomic E-state index is 0.805. The van der Waals surface area contributed by atoms with Crippen molar-refractivity contribution >= 4 is 17.3 Å². The summed E-state index contributed by atoms with van der Waals surface area (Å²) in [5, 5.41) is 4.17. The zero-order chi connectivity index (χ0) is 12.0. The van der Waals surface area contributed by atoms with Crippen LogP contribution in [0.3, 0.4) is 0 Å². The second-order valence-electron chi connectivity index (χ2n) is 3.94. The van der Waals surface area contributed by atoms with Crippen LogP contribution in [-0.2, 0) is 0 Å². The summed E-state index contributed by atoms with van der Waals surface area (Å²) >= 11 is 6.14. The SMILES string of the molecule is CCN(CC)CCNc1ccc(C)cc1Cl. The van der Waals surface area contributed by atoms with Gasteiger partial charge < -0.3 is 10.2 Å². The van der Waals surface area contributed by atoms with Crippen LogP contribution in [0.4, 0.5) is 5.69 Å².